The standard InChI is InChI=1S/C29H45N3O5S/c1-21(2)18-25(29(35)31-16-11-7-8-12-23(5)30)19-26(33)28(22(3)4)32-27(34)15-17-38(36,37)20-24-13-9-6-10-14-24/h6,9-10,13-15,17,21-22,25,28,30H,7-8,11-12,16,18-20H2,1-5H3,(H,31,35)(H,32,34)/b17-15+,30-23?. The number of sulfone groups is 1. The van der Waals surface area contributed by atoms with E-state index in [1.54, 1.807) is 51.1 Å². The average Bonchev–Trinajstić information content (AvgIpc) is 2.82. The monoisotopic (exact) mass is 547 g/mol. The summed E-state index contributed by atoms with van der Waals surface area (Å²) in [5.41, 5.74) is 1.27. The number of hydrogen-bond acceptors (Lipinski definition) is 6. The zero-order valence-electron chi connectivity index (χ0n) is 23.5. The number of amides is 2. The van der Waals surface area contributed by atoms with Crippen LogP contribution < -0.4 is 10.6 Å². The highest BCUT2D eigenvalue weighted by molar-refractivity contribution is 7.93. The first-order valence-corrected chi connectivity index (χ1v) is 15.1. The van der Waals surface area contributed by atoms with Crippen molar-refractivity contribution in [3.8, 4) is 0 Å². The molecule has 0 saturated heterocycles. The lowest BCUT2D eigenvalue weighted by atomic mass is 9.87. The van der Waals surface area contributed by atoms with Gasteiger partial charge in [0.2, 0.25) is 11.8 Å². The molecule has 0 bridgehead atoms. The van der Waals surface area contributed by atoms with Gasteiger partial charge in [-0.3, -0.25) is 14.4 Å². The Balaban J connectivity index is 2.74. The number of carbonyl (C=O) groups excluding carboxylic acids is 3. The van der Waals surface area contributed by atoms with Gasteiger partial charge in [-0.15, -0.1) is 0 Å². The SMILES string of the molecule is CC(=N)CCCCCNC(=O)C(CC(=O)C(NC(=O)/C=C/S(=O)(=O)Cc1ccccc1)C(C)C)CC(C)C. The fourth-order valence-corrected chi connectivity index (χ4v) is 5.19. The van der Waals surface area contributed by atoms with E-state index in [0.29, 0.717) is 24.2 Å². The van der Waals surface area contributed by atoms with Gasteiger partial charge >= 0.3 is 0 Å². The van der Waals surface area contributed by atoms with E-state index >= 15 is 0 Å². The van der Waals surface area contributed by atoms with E-state index in [1.165, 1.54) is 0 Å². The van der Waals surface area contributed by atoms with E-state index < -0.39 is 27.7 Å². The molecule has 1 aromatic rings. The van der Waals surface area contributed by atoms with Crippen LogP contribution in [-0.4, -0.2) is 44.3 Å². The Morgan fingerprint density at radius 3 is 2.24 bits per heavy atom. The van der Waals surface area contributed by atoms with Crippen LogP contribution in [0, 0.1) is 23.2 Å². The van der Waals surface area contributed by atoms with Crippen molar-refractivity contribution < 1.29 is 22.8 Å². The number of rotatable bonds is 18. The van der Waals surface area contributed by atoms with Crippen LogP contribution in [0.15, 0.2) is 41.8 Å². The molecule has 1 aromatic carbocycles. The number of benzene rings is 1. The summed E-state index contributed by atoms with van der Waals surface area (Å²) in [6.45, 7) is 9.88. The summed E-state index contributed by atoms with van der Waals surface area (Å²) in [7, 11) is -3.66. The van der Waals surface area contributed by atoms with Gasteiger partial charge in [0.1, 0.15) is 0 Å². The van der Waals surface area contributed by atoms with Crippen LogP contribution in [-0.2, 0) is 30.0 Å². The third-order valence-corrected chi connectivity index (χ3v) is 7.34. The molecule has 212 valence electrons. The lowest BCUT2D eigenvalue weighted by molar-refractivity contribution is -0.132. The van der Waals surface area contributed by atoms with Crippen molar-refractivity contribution in [2.45, 2.75) is 84.9 Å². The Kier molecular flexibility index (Phi) is 14.8. The predicted octanol–water partition coefficient (Wildman–Crippen LogP) is 4.59. The van der Waals surface area contributed by atoms with Crippen LogP contribution in [0.5, 0.6) is 0 Å². The lowest BCUT2D eigenvalue weighted by Gasteiger charge is -2.24. The van der Waals surface area contributed by atoms with Gasteiger partial charge in [-0.1, -0.05) is 64.4 Å². The molecule has 38 heavy (non-hydrogen) atoms. The molecule has 2 unspecified atom stereocenters. The third kappa shape index (κ3) is 14.2. The van der Waals surface area contributed by atoms with Crippen LogP contribution in [0.25, 0.3) is 0 Å². The van der Waals surface area contributed by atoms with Gasteiger partial charge in [-0.2, -0.15) is 0 Å². The molecule has 0 aliphatic carbocycles. The molecule has 2 atom stereocenters. The van der Waals surface area contributed by atoms with Crippen LogP contribution in [0.1, 0.15) is 78.7 Å². The number of hydrogen-bond donors (Lipinski definition) is 3. The molecule has 0 heterocycles. The Morgan fingerprint density at radius 1 is 1.00 bits per heavy atom. The second-order valence-corrected chi connectivity index (χ2v) is 12.6. The molecule has 9 heteroatoms. The minimum absolute atomic E-state index is 0.00381. The molecule has 0 aromatic heterocycles. The maximum absolute atomic E-state index is 13.2. The topological polar surface area (TPSA) is 133 Å². The summed E-state index contributed by atoms with van der Waals surface area (Å²) < 4.78 is 24.7. The van der Waals surface area contributed by atoms with Crippen molar-refractivity contribution in [2.24, 2.45) is 17.8 Å². The zero-order valence-corrected chi connectivity index (χ0v) is 24.3. The predicted molar refractivity (Wildman–Crippen MR) is 152 cm³/mol. The molecule has 2 amide bonds. The number of ketones is 1. The van der Waals surface area contributed by atoms with Gasteiger partial charge in [0.25, 0.3) is 0 Å². The average molecular weight is 548 g/mol. The summed E-state index contributed by atoms with van der Waals surface area (Å²) in [4.78, 5) is 38.6. The second kappa shape index (κ2) is 16.9. The van der Waals surface area contributed by atoms with Gasteiger partial charge < -0.3 is 16.0 Å². The maximum atomic E-state index is 13.2. The fraction of sp³-hybridized carbons (Fsp3) is 0.586. The summed E-state index contributed by atoms with van der Waals surface area (Å²) in [5.74, 6) is -1.85. The molecule has 0 aliphatic rings. The number of nitrogens with one attached hydrogen (secondary N) is 3. The van der Waals surface area contributed by atoms with Crippen LogP contribution in [0.3, 0.4) is 0 Å². The maximum Gasteiger partial charge on any atom is 0.245 e. The molecular weight excluding hydrogens is 502 g/mol. The van der Waals surface area contributed by atoms with Crippen molar-refractivity contribution in [1.82, 2.24) is 10.6 Å². The Hall–Kier alpha value is -2.81. The van der Waals surface area contributed by atoms with E-state index in [4.69, 9.17) is 5.41 Å². The lowest BCUT2D eigenvalue weighted by Crippen LogP contribution is -2.45. The molecule has 0 radical (unpaired) electrons. The summed E-state index contributed by atoms with van der Waals surface area (Å²) in [6, 6.07) is 7.84. The number of carbonyl (C=O) groups is 3. The fourth-order valence-electron chi connectivity index (χ4n) is 4.11. The second-order valence-electron chi connectivity index (χ2n) is 10.7. The molecule has 8 nitrogen and oxygen atoms in total. The van der Waals surface area contributed by atoms with E-state index in [1.807, 2.05) is 13.8 Å². The van der Waals surface area contributed by atoms with Crippen molar-refractivity contribution in [1.29, 1.82) is 5.41 Å². The quantitative estimate of drug-likeness (QED) is 0.140. The Bertz CT molecular complexity index is 1050. The molecule has 0 spiro atoms. The van der Waals surface area contributed by atoms with Crippen LogP contribution >= 0.6 is 0 Å². The molecule has 1 rings (SSSR count). The van der Waals surface area contributed by atoms with Gasteiger partial charge in [0.15, 0.2) is 15.6 Å². The summed E-state index contributed by atoms with van der Waals surface area (Å²) >= 11 is 0. The first-order valence-electron chi connectivity index (χ1n) is 13.4. The largest absolute Gasteiger partial charge is 0.356 e. The smallest absolute Gasteiger partial charge is 0.245 e. The van der Waals surface area contributed by atoms with E-state index in [9.17, 15) is 22.8 Å². The summed E-state index contributed by atoms with van der Waals surface area (Å²) in [6.07, 6.45) is 4.88. The van der Waals surface area contributed by atoms with E-state index in [-0.39, 0.29) is 35.7 Å². The van der Waals surface area contributed by atoms with E-state index in [2.05, 4.69) is 10.6 Å². The summed E-state index contributed by atoms with van der Waals surface area (Å²) in [5, 5.41) is 13.9. The van der Waals surface area contributed by atoms with Gasteiger partial charge in [0.05, 0.1) is 11.8 Å². The van der Waals surface area contributed by atoms with Crippen LogP contribution in [0.2, 0.25) is 0 Å². The van der Waals surface area contributed by atoms with Gasteiger partial charge in [-0.05, 0) is 50.0 Å². The highest BCUT2D eigenvalue weighted by Crippen LogP contribution is 2.19. The molecule has 0 aliphatic heterocycles. The Labute approximate surface area is 228 Å². The van der Waals surface area contributed by atoms with Crippen molar-refractivity contribution in [3.63, 3.8) is 0 Å². The third-order valence-electron chi connectivity index (χ3n) is 6.05. The highest BCUT2D eigenvalue weighted by atomic mass is 32.2. The van der Waals surface area contributed by atoms with Crippen molar-refractivity contribution in [2.75, 3.05) is 6.54 Å². The first kappa shape index (κ1) is 33.2. The molecule has 3 N–H and O–H groups in total. The van der Waals surface area contributed by atoms with E-state index in [0.717, 1.165) is 37.2 Å². The van der Waals surface area contributed by atoms with Crippen LogP contribution in [0.4, 0.5) is 0 Å². The highest BCUT2D eigenvalue weighted by Gasteiger charge is 2.29. The normalized spacial score (nSPS) is 13.4. The van der Waals surface area contributed by atoms with Crippen molar-refractivity contribution >= 4 is 33.1 Å². The molecule has 0 saturated carbocycles. The van der Waals surface area contributed by atoms with Gasteiger partial charge in [0, 0.05) is 36.1 Å². The minimum Gasteiger partial charge on any atom is -0.356 e. The van der Waals surface area contributed by atoms with Crippen molar-refractivity contribution in [3.05, 3.63) is 47.4 Å². The molecular formula is C29H45N3O5S. The minimum atomic E-state index is -3.66. The van der Waals surface area contributed by atoms with Gasteiger partial charge in [-0.25, -0.2) is 8.42 Å². The first-order chi connectivity index (χ1) is 17.8. The number of unbranched alkanes of at least 4 members (excludes halogenated alkanes) is 2. The number of Topliss-reactive ketones (excluding diaryl/α,β-unsaturated/α-hetero) is 1. The molecule has 0 fully saturated rings. The Morgan fingerprint density at radius 2 is 1.66 bits per heavy atom. The zero-order chi connectivity index (χ0) is 28.7.